The van der Waals surface area contributed by atoms with Crippen molar-refractivity contribution in [3.8, 4) is 0 Å². The van der Waals surface area contributed by atoms with Gasteiger partial charge in [-0.2, -0.15) is 42.0 Å². The molecular formula is C18H26FeN2O2. The van der Waals surface area contributed by atoms with Crippen molar-refractivity contribution in [1.29, 1.82) is 0 Å². The van der Waals surface area contributed by atoms with E-state index in [0.717, 1.165) is 19.5 Å². The van der Waals surface area contributed by atoms with E-state index in [-0.39, 0.29) is 29.2 Å². The van der Waals surface area contributed by atoms with Gasteiger partial charge in [0.2, 0.25) is 0 Å². The van der Waals surface area contributed by atoms with Crippen molar-refractivity contribution in [1.82, 2.24) is 10.6 Å². The number of nitrogens with one attached hydrogen (secondary N) is 2. The molecule has 128 valence electrons. The molecule has 4 atom stereocenters. The summed E-state index contributed by atoms with van der Waals surface area (Å²) in [6.45, 7) is 3.58. The fourth-order valence-corrected chi connectivity index (χ4v) is 2.67. The molecule has 0 amide bonds. The Balaban J connectivity index is 0.000000377. The zero-order valence-electron chi connectivity index (χ0n) is 13.4. The van der Waals surface area contributed by atoms with Gasteiger partial charge in [-0.25, -0.2) is 18.2 Å². The number of rotatable bonds is 5. The van der Waals surface area contributed by atoms with E-state index < -0.39 is 12.2 Å². The van der Waals surface area contributed by atoms with Gasteiger partial charge in [0.05, 0.1) is 12.2 Å². The van der Waals surface area contributed by atoms with Crippen LogP contribution in [0, 0.1) is 0 Å². The maximum Gasteiger partial charge on any atom is 2.00 e. The van der Waals surface area contributed by atoms with Gasteiger partial charge in [-0.1, -0.05) is 0 Å². The SMILES string of the molecule is CC1NC(CCNCc2cc[cH-]c2)C(O)C1O.[Fe+2].c1cc[cH-]c1. The molecule has 0 radical (unpaired) electrons. The van der Waals surface area contributed by atoms with Crippen molar-refractivity contribution in [3.05, 3.63) is 60.2 Å². The fourth-order valence-electron chi connectivity index (χ4n) is 2.67. The van der Waals surface area contributed by atoms with E-state index in [0.29, 0.717) is 0 Å². The van der Waals surface area contributed by atoms with E-state index in [1.54, 1.807) is 0 Å². The van der Waals surface area contributed by atoms with Gasteiger partial charge in [0, 0.05) is 12.1 Å². The second kappa shape index (κ2) is 10.8. The Hall–Kier alpha value is -0.941. The second-order valence-electron chi connectivity index (χ2n) is 5.76. The van der Waals surface area contributed by atoms with Gasteiger partial charge < -0.3 is 20.8 Å². The van der Waals surface area contributed by atoms with Crippen LogP contribution in [0.4, 0.5) is 0 Å². The third-order valence-corrected chi connectivity index (χ3v) is 4.00. The molecule has 0 aromatic heterocycles. The summed E-state index contributed by atoms with van der Waals surface area (Å²) in [5.41, 5.74) is 1.28. The van der Waals surface area contributed by atoms with Crippen LogP contribution in [-0.2, 0) is 23.6 Å². The summed E-state index contributed by atoms with van der Waals surface area (Å²) >= 11 is 0. The molecule has 1 aliphatic heterocycles. The van der Waals surface area contributed by atoms with Crippen molar-refractivity contribution >= 4 is 0 Å². The monoisotopic (exact) mass is 358 g/mol. The van der Waals surface area contributed by atoms with Crippen molar-refractivity contribution in [3.63, 3.8) is 0 Å². The Morgan fingerprint density at radius 1 is 1.13 bits per heavy atom. The predicted octanol–water partition coefficient (Wildman–Crippen LogP) is 1.37. The maximum atomic E-state index is 9.77. The number of hydrogen-bond acceptors (Lipinski definition) is 4. The van der Waals surface area contributed by atoms with Crippen LogP contribution in [0.2, 0.25) is 0 Å². The molecule has 3 rings (SSSR count). The molecule has 1 fully saturated rings. The molecule has 0 bridgehead atoms. The van der Waals surface area contributed by atoms with E-state index in [1.165, 1.54) is 5.56 Å². The first-order chi connectivity index (χ1) is 10.7. The topological polar surface area (TPSA) is 64.5 Å². The third-order valence-electron chi connectivity index (χ3n) is 4.00. The molecule has 1 saturated heterocycles. The van der Waals surface area contributed by atoms with E-state index >= 15 is 0 Å². The van der Waals surface area contributed by atoms with Crippen LogP contribution in [-0.4, -0.2) is 41.0 Å². The first-order valence-electron chi connectivity index (χ1n) is 7.88. The molecule has 1 heterocycles. The molecule has 4 N–H and O–H groups in total. The molecule has 4 unspecified atom stereocenters. The average Bonchev–Trinajstić information content (AvgIpc) is 3.26. The smallest absolute Gasteiger partial charge is 0.389 e. The zero-order chi connectivity index (χ0) is 15.8. The van der Waals surface area contributed by atoms with Crippen LogP contribution in [0.5, 0.6) is 0 Å². The Morgan fingerprint density at radius 3 is 2.35 bits per heavy atom. The van der Waals surface area contributed by atoms with E-state index in [2.05, 4.69) is 22.8 Å². The van der Waals surface area contributed by atoms with Gasteiger partial charge in [-0.15, -0.1) is 0 Å². The summed E-state index contributed by atoms with van der Waals surface area (Å²) in [6, 6.07) is 18.2. The molecular weight excluding hydrogens is 332 g/mol. The van der Waals surface area contributed by atoms with Crippen molar-refractivity contribution in [2.45, 2.75) is 44.2 Å². The van der Waals surface area contributed by atoms with Gasteiger partial charge in [-0.05, 0) is 26.4 Å². The minimum Gasteiger partial charge on any atom is -0.389 e. The molecule has 2 aromatic carbocycles. The minimum absolute atomic E-state index is 0. The van der Waals surface area contributed by atoms with Crippen LogP contribution in [0.1, 0.15) is 18.9 Å². The fraction of sp³-hybridized carbons (Fsp3) is 0.444. The van der Waals surface area contributed by atoms with Crippen LogP contribution in [0.25, 0.3) is 0 Å². The first-order valence-corrected chi connectivity index (χ1v) is 7.88. The summed E-state index contributed by atoms with van der Waals surface area (Å²) < 4.78 is 0. The summed E-state index contributed by atoms with van der Waals surface area (Å²) in [7, 11) is 0. The van der Waals surface area contributed by atoms with Gasteiger partial charge >= 0.3 is 17.1 Å². The normalized spacial score (nSPS) is 26.2. The first kappa shape index (κ1) is 20.1. The van der Waals surface area contributed by atoms with E-state index in [9.17, 15) is 10.2 Å². The number of aliphatic hydroxyl groups is 2. The molecule has 2 aromatic rings. The van der Waals surface area contributed by atoms with Crippen LogP contribution in [0.15, 0.2) is 54.6 Å². The van der Waals surface area contributed by atoms with Crippen LogP contribution in [0.3, 0.4) is 0 Å². The summed E-state index contributed by atoms with van der Waals surface area (Å²) in [5.74, 6) is 0. The minimum atomic E-state index is -0.647. The Kier molecular flexibility index (Phi) is 9.41. The largest absolute Gasteiger partial charge is 2.00 e. The molecule has 5 heteroatoms. The van der Waals surface area contributed by atoms with E-state index in [1.807, 2.05) is 49.4 Å². The summed E-state index contributed by atoms with van der Waals surface area (Å²) in [4.78, 5) is 0. The maximum absolute atomic E-state index is 9.77. The second-order valence-corrected chi connectivity index (χ2v) is 5.76. The van der Waals surface area contributed by atoms with Crippen molar-refractivity contribution in [2.75, 3.05) is 6.54 Å². The Bertz CT molecular complexity index is 470. The summed E-state index contributed by atoms with van der Waals surface area (Å²) in [6.07, 6.45) is -0.468. The average molecular weight is 358 g/mol. The molecule has 0 aliphatic carbocycles. The van der Waals surface area contributed by atoms with Gasteiger partial charge in [0.1, 0.15) is 0 Å². The molecule has 4 nitrogen and oxygen atoms in total. The number of aliphatic hydroxyl groups excluding tert-OH is 2. The standard InChI is InChI=1S/C13H21N2O2.C5H5.Fe/c1-9-12(16)13(17)11(15-9)6-7-14-8-10-4-2-3-5-10;1-2-4-5-3-1;/h2-5,9,11-17H,6-8H2,1H3;1-5H;/q2*-1;+2. The number of hydrogen-bond donors (Lipinski definition) is 4. The molecule has 0 spiro atoms. The van der Waals surface area contributed by atoms with Crippen LogP contribution < -0.4 is 10.6 Å². The molecule has 0 saturated carbocycles. The van der Waals surface area contributed by atoms with Crippen molar-refractivity contribution in [2.24, 2.45) is 0 Å². The van der Waals surface area contributed by atoms with E-state index in [4.69, 9.17) is 0 Å². The Morgan fingerprint density at radius 2 is 1.87 bits per heavy atom. The third kappa shape index (κ3) is 6.59. The predicted molar refractivity (Wildman–Crippen MR) is 88.8 cm³/mol. The van der Waals surface area contributed by atoms with Gasteiger partial charge in [0.25, 0.3) is 0 Å². The molecule has 1 aliphatic rings. The quantitative estimate of drug-likeness (QED) is 0.370. The van der Waals surface area contributed by atoms with Crippen LogP contribution >= 0.6 is 0 Å². The zero-order valence-corrected chi connectivity index (χ0v) is 14.5. The van der Waals surface area contributed by atoms with Crippen molar-refractivity contribution < 1.29 is 27.3 Å². The molecule has 23 heavy (non-hydrogen) atoms. The Labute approximate surface area is 149 Å². The van der Waals surface area contributed by atoms with Gasteiger partial charge in [-0.3, -0.25) is 0 Å². The van der Waals surface area contributed by atoms with Gasteiger partial charge in [0.15, 0.2) is 0 Å². The summed E-state index contributed by atoms with van der Waals surface area (Å²) in [5, 5.41) is 25.9.